The Labute approximate surface area is 157 Å². The number of benzene rings is 2. The van der Waals surface area contributed by atoms with Crippen LogP contribution in [0.5, 0.6) is 5.75 Å². The summed E-state index contributed by atoms with van der Waals surface area (Å²) in [4.78, 5) is 12.6. The smallest absolute Gasteiger partial charge is 0.237 e. The van der Waals surface area contributed by atoms with Crippen LogP contribution in [0.15, 0.2) is 55.1 Å². The first-order chi connectivity index (χ1) is 12.4. The molecule has 0 aromatic heterocycles. The molecule has 0 bridgehead atoms. The second-order valence-electron chi connectivity index (χ2n) is 5.81. The van der Waals surface area contributed by atoms with Crippen molar-refractivity contribution >= 4 is 23.2 Å². The first kappa shape index (κ1) is 19.1. The minimum absolute atomic E-state index is 0.0677. The van der Waals surface area contributed by atoms with Gasteiger partial charge >= 0.3 is 0 Å². The quantitative estimate of drug-likeness (QED) is 0.773. The molecule has 1 N–H and O–H groups in total. The van der Waals surface area contributed by atoms with Crippen LogP contribution in [0.4, 0.5) is 5.69 Å². The molecule has 26 heavy (non-hydrogen) atoms. The van der Waals surface area contributed by atoms with E-state index < -0.39 is 5.41 Å². The highest BCUT2D eigenvalue weighted by molar-refractivity contribution is 6.32. The summed E-state index contributed by atoms with van der Waals surface area (Å²) in [7, 11) is 0. The summed E-state index contributed by atoms with van der Waals surface area (Å²) in [5.74, 6) is 0.230. The van der Waals surface area contributed by atoms with Gasteiger partial charge in [0.1, 0.15) is 18.4 Å². The van der Waals surface area contributed by atoms with E-state index in [0.29, 0.717) is 22.6 Å². The summed E-state index contributed by atoms with van der Waals surface area (Å²) < 4.78 is 5.67. The van der Waals surface area contributed by atoms with Crippen LogP contribution in [0.2, 0.25) is 5.02 Å². The summed E-state index contributed by atoms with van der Waals surface area (Å²) >= 11 is 5.99. The monoisotopic (exact) mass is 365 g/mol. The van der Waals surface area contributed by atoms with Gasteiger partial charge in [0.25, 0.3) is 0 Å². The Bertz CT molecular complexity index is 910. The SMILES string of the molecule is C=CC(C)(COc1ccc(C#N)cc1)C(=O)Nc1ccc(C#N)c(Cl)c1. The predicted molar refractivity (Wildman–Crippen MR) is 99.8 cm³/mol. The van der Waals surface area contributed by atoms with Crippen molar-refractivity contribution in [3.05, 3.63) is 71.3 Å². The molecule has 0 radical (unpaired) electrons. The molecule has 130 valence electrons. The van der Waals surface area contributed by atoms with Crippen molar-refractivity contribution < 1.29 is 9.53 Å². The minimum atomic E-state index is -0.992. The number of anilines is 1. The first-order valence-electron chi connectivity index (χ1n) is 7.69. The zero-order valence-corrected chi connectivity index (χ0v) is 14.9. The van der Waals surface area contributed by atoms with E-state index in [-0.39, 0.29) is 17.5 Å². The normalized spacial score (nSPS) is 12.2. The lowest BCUT2D eigenvalue weighted by atomic mass is 9.90. The number of hydrogen-bond acceptors (Lipinski definition) is 4. The third-order valence-electron chi connectivity index (χ3n) is 3.84. The Kier molecular flexibility index (Phi) is 6.01. The standard InChI is InChI=1S/C20H16ClN3O2/c1-3-20(2,13-26-17-8-4-14(11-22)5-9-17)19(25)24-16-7-6-15(12-23)18(21)10-16/h3-10H,1,13H2,2H3,(H,24,25). The van der Waals surface area contributed by atoms with E-state index in [2.05, 4.69) is 11.9 Å². The van der Waals surface area contributed by atoms with Crippen molar-refractivity contribution in [2.24, 2.45) is 5.41 Å². The number of carbonyl (C=O) groups is 1. The summed E-state index contributed by atoms with van der Waals surface area (Å²) in [6, 6.07) is 15.3. The Morgan fingerprint density at radius 1 is 1.27 bits per heavy atom. The average molecular weight is 366 g/mol. The molecule has 2 aromatic rings. The van der Waals surface area contributed by atoms with Crippen molar-refractivity contribution in [1.29, 1.82) is 10.5 Å². The Balaban J connectivity index is 2.08. The van der Waals surface area contributed by atoms with Crippen LogP contribution >= 0.6 is 11.6 Å². The lowest BCUT2D eigenvalue weighted by Gasteiger charge is -2.25. The zero-order valence-electron chi connectivity index (χ0n) is 14.1. The highest BCUT2D eigenvalue weighted by Gasteiger charge is 2.31. The van der Waals surface area contributed by atoms with Gasteiger partial charge in [-0.25, -0.2) is 0 Å². The van der Waals surface area contributed by atoms with E-state index in [1.165, 1.54) is 18.2 Å². The van der Waals surface area contributed by atoms with Gasteiger partial charge < -0.3 is 10.1 Å². The maximum Gasteiger partial charge on any atom is 0.237 e. The Morgan fingerprint density at radius 3 is 2.50 bits per heavy atom. The molecule has 0 aliphatic heterocycles. The Hall–Kier alpha value is -3.28. The summed E-state index contributed by atoms with van der Waals surface area (Å²) in [5.41, 5.74) is 0.346. The van der Waals surface area contributed by atoms with Gasteiger partial charge in [-0.2, -0.15) is 10.5 Å². The lowest BCUT2D eigenvalue weighted by Crippen LogP contribution is -2.37. The highest BCUT2D eigenvalue weighted by atomic mass is 35.5. The summed E-state index contributed by atoms with van der Waals surface area (Å²) in [6.45, 7) is 5.49. The summed E-state index contributed by atoms with van der Waals surface area (Å²) in [5, 5.41) is 20.7. The molecule has 2 rings (SSSR count). The second-order valence-corrected chi connectivity index (χ2v) is 6.21. The largest absolute Gasteiger partial charge is 0.492 e. The first-order valence-corrected chi connectivity index (χ1v) is 8.07. The van der Waals surface area contributed by atoms with Gasteiger partial charge in [0.2, 0.25) is 5.91 Å². The number of nitrogens with one attached hydrogen (secondary N) is 1. The van der Waals surface area contributed by atoms with Gasteiger partial charge in [-0.3, -0.25) is 4.79 Å². The Morgan fingerprint density at radius 2 is 1.96 bits per heavy atom. The molecule has 1 atom stereocenters. The predicted octanol–water partition coefficient (Wildman–Crippen LogP) is 4.29. The number of rotatable bonds is 6. The highest BCUT2D eigenvalue weighted by Crippen LogP contribution is 2.25. The van der Waals surface area contributed by atoms with Crippen molar-refractivity contribution in [2.75, 3.05) is 11.9 Å². The molecule has 6 heteroatoms. The van der Waals surface area contributed by atoms with Crippen LogP contribution < -0.4 is 10.1 Å². The van der Waals surface area contributed by atoms with Crippen LogP contribution in [0.1, 0.15) is 18.1 Å². The lowest BCUT2D eigenvalue weighted by molar-refractivity contribution is -0.123. The van der Waals surface area contributed by atoms with Gasteiger partial charge in [-0.05, 0) is 49.4 Å². The molecule has 1 amide bonds. The molecule has 2 aromatic carbocycles. The van der Waals surface area contributed by atoms with E-state index in [4.69, 9.17) is 26.9 Å². The van der Waals surface area contributed by atoms with E-state index >= 15 is 0 Å². The van der Waals surface area contributed by atoms with Crippen molar-refractivity contribution in [1.82, 2.24) is 0 Å². The summed E-state index contributed by atoms with van der Waals surface area (Å²) in [6.07, 6.45) is 1.51. The fourth-order valence-corrected chi connectivity index (χ4v) is 2.26. The average Bonchev–Trinajstić information content (AvgIpc) is 2.66. The van der Waals surface area contributed by atoms with Crippen LogP contribution in [0, 0.1) is 28.1 Å². The molecule has 0 heterocycles. The zero-order chi connectivity index (χ0) is 19.2. The topological polar surface area (TPSA) is 85.9 Å². The molecule has 0 aliphatic carbocycles. The third kappa shape index (κ3) is 4.42. The molecular formula is C20H16ClN3O2. The van der Waals surface area contributed by atoms with Crippen molar-refractivity contribution in [2.45, 2.75) is 6.92 Å². The van der Waals surface area contributed by atoms with E-state index in [0.717, 1.165) is 0 Å². The maximum atomic E-state index is 12.6. The fourth-order valence-electron chi connectivity index (χ4n) is 2.03. The van der Waals surface area contributed by atoms with Gasteiger partial charge in [-0.15, -0.1) is 6.58 Å². The molecular weight excluding hydrogens is 350 g/mol. The molecule has 1 unspecified atom stereocenters. The van der Waals surface area contributed by atoms with Gasteiger partial charge in [0.05, 0.1) is 27.6 Å². The molecule has 0 spiro atoms. The van der Waals surface area contributed by atoms with Crippen LogP contribution in [-0.2, 0) is 4.79 Å². The van der Waals surface area contributed by atoms with Gasteiger partial charge in [0.15, 0.2) is 0 Å². The maximum absolute atomic E-state index is 12.6. The second kappa shape index (κ2) is 8.20. The minimum Gasteiger partial charge on any atom is -0.492 e. The number of amides is 1. The number of ether oxygens (including phenoxy) is 1. The van der Waals surface area contributed by atoms with Crippen LogP contribution in [0.3, 0.4) is 0 Å². The molecule has 5 nitrogen and oxygen atoms in total. The third-order valence-corrected chi connectivity index (χ3v) is 4.15. The fraction of sp³-hybridized carbons (Fsp3) is 0.150. The number of carbonyl (C=O) groups excluding carboxylic acids is 1. The van der Waals surface area contributed by atoms with E-state index in [1.807, 2.05) is 12.1 Å². The molecule has 0 aliphatic rings. The number of halogens is 1. The number of hydrogen-bond donors (Lipinski definition) is 1. The van der Waals surface area contributed by atoms with E-state index in [1.54, 1.807) is 37.3 Å². The molecule has 0 fully saturated rings. The van der Waals surface area contributed by atoms with Crippen molar-refractivity contribution in [3.63, 3.8) is 0 Å². The van der Waals surface area contributed by atoms with Crippen molar-refractivity contribution in [3.8, 4) is 17.9 Å². The van der Waals surface area contributed by atoms with Gasteiger partial charge in [0, 0.05) is 5.69 Å². The number of nitrogens with zero attached hydrogens (tertiary/aromatic N) is 2. The molecule has 0 saturated heterocycles. The van der Waals surface area contributed by atoms with Crippen LogP contribution in [0.25, 0.3) is 0 Å². The van der Waals surface area contributed by atoms with Gasteiger partial charge in [-0.1, -0.05) is 17.7 Å². The molecule has 0 saturated carbocycles. The van der Waals surface area contributed by atoms with E-state index in [9.17, 15) is 4.79 Å². The van der Waals surface area contributed by atoms with Crippen LogP contribution in [-0.4, -0.2) is 12.5 Å². The number of nitriles is 2.